The monoisotopic (exact) mass is 359 g/mol. The summed E-state index contributed by atoms with van der Waals surface area (Å²) < 4.78 is 0. The van der Waals surface area contributed by atoms with Crippen molar-refractivity contribution in [1.82, 2.24) is 4.90 Å². The number of hydrogen-bond acceptors (Lipinski definition) is 3. The minimum Gasteiger partial charge on any atom is -0.332 e. The van der Waals surface area contributed by atoms with Crippen molar-refractivity contribution in [1.29, 1.82) is 0 Å². The first-order valence-electron chi connectivity index (χ1n) is 8.85. The van der Waals surface area contributed by atoms with Gasteiger partial charge in [-0.15, -0.1) is 0 Å². The number of rotatable bonds is 2. The quantitative estimate of drug-likeness (QED) is 0.508. The molecule has 26 heavy (non-hydrogen) atoms. The van der Waals surface area contributed by atoms with Gasteiger partial charge in [-0.05, 0) is 58.5 Å². The maximum absolute atomic E-state index is 13.2. The number of nitrogens with zero attached hydrogens (tertiary/aromatic N) is 1. The first kappa shape index (κ1) is 15.5. The molecule has 0 saturated carbocycles. The summed E-state index contributed by atoms with van der Waals surface area (Å²) in [6.07, 6.45) is 2.01. The van der Waals surface area contributed by atoms with Gasteiger partial charge in [-0.2, -0.15) is 11.3 Å². The average Bonchev–Trinajstić information content (AvgIpc) is 3.41. The number of benzene rings is 2. The maximum Gasteiger partial charge on any atom is 0.254 e. The Bertz CT molecular complexity index is 1020. The minimum atomic E-state index is 0.0149. The van der Waals surface area contributed by atoms with E-state index in [1.165, 1.54) is 5.56 Å². The lowest BCUT2D eigenvalue weighted by Gasteiger charge is -2.24. The van der Waals surface area contributed by atoms with Gasteiger partial charge in [0.05, 0.1) is 6.04 Å². The van der Waals surface area contributed by atoms with E-state index in [9.17, 15) is 9.59 Å². The van der Waals surface area contributed by atoms with Gasteiger partial charge in [0, 0.05) is 23.2 Å². The van der Waals surface area contributed by atoms with E-state index in [0.29, 0.717) is 11.1 Å². The molecule has 2 heterocycles. The van der Waals surface area contributed by atoms with Crippen LogP contribution in [0.15, 0.2) is 59.3 Å². The highest BCUT2D eigenvalue weighted by molar-refractivity contribution is 7.08. The molecule has 3 aromatic rings. The topological polar surface area (TPSA) is 37.4 Å². The molecule has 5 rings (SSSR count). The second-order valence-corrected chi connectivity index (χ2v) is 7.63. The van der Waals surface area contributed by atoms with Crippen molar-refractivity contribution in [2.75, 3.05) is 6.54 Å². The Balaban J connectivity index is 1.50. The van der Waals surface area contributed by atoms with Crippen molar-refractivity contribution in [2.45, 2.75) is 18.9 Å². The van der Waals surface area contributed by atoms with Crippen LogP contribution in [0, 0.1) is 0 Å². The van der Waals surface area contributed by atoms with E-state index >= 15 is 0 Å². The molecule has 0 N–H and O–H groups in total. The lowest BCUT2D eigenvalue weighted by atomic mass is 10.0. The van der Waals surface area contributed by atoms with Gasteiger partial charge in [-0.25, -0.2) is 0 Å². The van der Waals surface area contributed by atoms with Crippen LogP contribution in [0.5, 0.6) is 0 Å². The Labute approximate surface area is 155 Å². The SMILES string of the molecule is O=C1c2ccccc2-c2ccc(C(=O)N3CCCC3c3ccsc3)cc21. The van der Waals surface area contributed by atoms with Crippen molar-refractivity contribution in [3.63, 3.8) is 0 Å². The zero-order chi connectivity index (χ0) is 17.7. The van der Waals surface area contributed by atoms with Crippen LogP contribution in [0.1, 0.15) is 50.7 Å². The molecule has 128 valence electrons. The standard InChI is InChI=1S/C22H17NO2S/c24-21-18-5-2-1-4-16(18)17-8-7-14(12-19(17)21)22(25)23-10-3-6-20(23)15-9-11-26-13-15/h1-2,4-5,7-9,11-13,20H,3,6,10H2. The highest BCUT2D eigenvalue weighted by Crippen LogP contribution is 2.38. The molecule has 0 radical (unpaired) electrons. The number of ketones is 1. The van der Waals surface area contributed by atoms with Gasteiger partial charge >= 0.3 is 0 Å². The Kier molecular flexibility index (Phi) is 3.54. The normalized spacial score (nSPS) is 18.1. The van der Waals surface area contributed by atoms with E-state index in [0.717, 1.165) is 36.1 Å². The zero-order valence-corrected chi connectivity index (χ0v) is 15.0. The zero-order valence-electron chi connectivity index (χ0n) is 14.1. The molecule has 1 aliphatic carbocycles. The summed E-state index contributed by atoms with van der Waals surface area (Å²) in [5.74, 6) is 0.0336. The largest absolute Gasteiger partial charge is 0.332 e. The molecular formula is C22H17NO2S. The van der Waals surface area contributed by atoms with Crippen molar-refractivity contribution in [3.05, 3.63) is 81.5 Å². The summed E-state index contributed by atoms with van der Waals surface area (Å²) in [5.41, 5.74) is 5.08. The van der Waals surface area contributed by atoms with Crippen LogP contribution in [0.3, 0.4) is 0 Å². The number of fused-ring (bicyclic) bond motifs is 3. The van der Waals surface area contributed by atoms with Crippen LogP contribution in [0.2, 0.25) is 0 Å². The third-order valence-electron chi connectivity index (χ3n) is 5.41. The molecule has 1 atom stereocenters. The Hall–Kier alpha value is -2.72. The molecule has 3 nitrogen and oxygen atoms in total. The van der Waals surface area contributed by atoms with E-state index in [4.69, 9.17) is 0 Å². The summed E-state index contributed by atoms with van der Waals surface area (Å²) in [7, 11) is 0. The smallest absolute Gasteiger partial charge is 0.254 e. The third kappa shape index (κ3) is 2.26. The van der Waals surface area contributed by atoms with Crippen LogP contribution in [0.25, 0.3) is 11.1 Å². The first-order valence-corrected chi connectivity index (χ1v) is 9.79. The van der Waals surface area contributed by atoms with Crippen LogP contribution in [0.4, 0.5) is 0 Å². The fraction of sp³-hybridized carbons (Fsp3) is 0.182. The van der Waals surface area contributed by atoms with Crippen LogP contribution in [-0.2, 0) is 0 Å². The van der Waals surface area contributed by atoms with Crippen LogP contribution < -0.4 is 0 Å². The molecule has 1 fully saturated rings. The Morgan fingerprint density at radius 2 is 1.81 bits per heavy atom. The van der Waals surface area contributed by atoms with E-state index in [2.05, 4.69) is 16.8 Å². The molecule has 1 amide bonds. The summed E-state index contributed by atoms with van der Waals surface area (Å²) in [5, 5.41) is 4.18. The summed E-state index contributed by atoms with van der Waals surface area (Å²) >= 11 is 1.66. The molecule has 2 aliphatic rings. The third-order valence-corrected chi connectivity index (χ3v) is 6.12. The molecule has 2 aromatic carbocycles. The van der Waals surface area contributed by atoms with Crippen molar-refractivity contribution in [2.24, 2.45) is 0 Å². The molecular weight excluding hydrogens is 342 g/mol. The predicted molar refractivity (Wildman–Crippen MR) is 103 cm³/mol. The van der Waals surface area contributed by atoms with Gasteiger partial charge in [-0.1, -0.05) is 30.3 Å². The molecule has 1 aromatic heterocycles. The molecule has 0 spiro atoms. The summed E-state index contributed by atoms with van der Waals surface area (Å²) in [6.45, 7) is 0.768. The maximum atomic E-state index is 13.2. The second kappa shape index (κ2) is 5.92. The molecule has 1 aliphatic heterocycles. The Morgan fingerprint density at radius 1 is 1.00 bits per heavy atom. The van der Waals surface area contributed by atoms with Gasteiger partial charge in [0.25, 0.3) is 5.91 Å². The number of carbonyl (C=O) groups excluding carboxylic acids is 2. The summed E-state index contributed by atoms with van der Waals surface area (Å²) in [4.78, 5) is 27.8. The van der Waals surface area contributed by atoms with E-state index in [-0.39, 0.29) is 17.7 Å². The molecule has 4 heteroatoms. The van der Waals surface area contributed by atoms with Crippen LogP contribution in [-0.4, -0.2) is 23.1 Å². The number of hydrogen-bond donors (Lipinski definition) is 0. The Morgan fingerprint density at radius 3 is 2.62 bits per heavy atom. The minimum absolute atomic E-state index is 0.0149. The molecule has 1 unspecified atom stereocenters. The van der Waals surface area contributed by atoms with Gasteiger partial charge in [0.2, 0.25) is 0 Å². The van der Waals surface area contributed by atoms with Gasteiger partial charge in [-0.3, -0.25) is 9.59 Å². The van der Waals surface area contributed by atoms with Crippen molar-refractivity contribution in [3.8, 4) is 11.1 Å². The predicted octanol–water partition coefficient (Wildman–Crippen LogP) is 4.94. The van der Waals surface area contributed by atoms with Crippen molar-refractivity contribution < 1.29 is 9.59 Å². The first-order chi connectivity index (χ1) is 12.7. The number of likely N-dealkylation sites (tertiary alicyclic amines) is 1. The second-order valence-electron chi connectivity index (χ2n) is 6.85. The highest BCUT2D eigenvalue weighted by atomic mass is 32.1. The van der Waals surface area contributed by atoms with Gasteiger partial charge < -0.3 is 4.90 Å². The lowest BCUT2D eigenvalue weighted by Crippen LogP contribution is -2.30. The number of amides is 1. The fourth-order valence-corrected chi connectivity index (χ4v) is 4.85. The van der Waals surface area contributed by atoms with Crippen molar-refractivity contribution >= 4 is 23.0 Å². The average molecular weight is 359 g/mol. The van der Waals surface area contributed by atoms with E-state index in [1.807, 2.05) is 41.3 Å². The number of carbonyl (C=O) groups is 2. The molecule has 0 bridgehead atoms. The van der Waals surface area contributed by atoms with E-state index in [1.54, 1.807) is 17.4 Å². The fourth-order valence-electron chi connectivity index (χ4n) is 4.15. The lowest BCUT2D eigenvalue weighted by molar-refractivity contribution is 0.0736. The number of thiophene rings is 1. The van der Waals surface area contributed by atoms with Gasteiger partial charge in [0.1, 0.15) is 0 Å². The summed E-state index contributed by atoms with van der Waals surface area (Å²) in [6, 6.07) is 15.4. The van der Waals surface area contributed by atoms with E-state index < -0.39 is 0 Å². The van der Waals surface area contributed by atoms with Gasteiger partial charge in [0.15, 0.2) is 5.78 Å². The highest BCUT2D eigenvalue weighted by Gasteiger charge is 2.32. The molecule has 1 saturated heterocycles. The van der Waals surface area contributed by atoms with Crippen LogP contribution >= 0.6 is 11.3 Å².